The molecule has 0 radical (unpaired) electrons. The minimum atomic E-state index is 0.184. The van der Waals surface area contributed by atoms with E-state index in [1.165, 1.54) is 0 Å². The lowest BCUT2D eigenvalue weighted by molar-refractivity contribution is -0.144. The Bertz CT molecular complexity index is 208. The lowest BCUT2D eigenvalue weighted by Crippen LogP contribution is -2.50. The molecule has 2 heterocycles. The molecule has 0 unspecified atom stereocenters. The van der Waals surface area contributed by atoms with Crippen LogP contribution in [-0.2, 0) is 4.79 Å². The van der Waals surface area contributed by atoms with Crippen LogP contribution in [0.1, 0.15) is 0 Å². The highest BCUT2D eigenvalue weighted by atomic mass is 16.2. The zero-order chi connectivity index (χ0) is 7.84. The van der Waals surface area contributed by atoms with Crippen molar-refractivity contribution < 1.29 is 4.79 Å². The summed E-state index contributed by atoms with van der Waals surface area (Å²) in [7, 11) is 1.96. The van der Waals surface area contributed by atoms with Gasteiger partial charge in [0.05, 0.1) is 13.1 Å². The van der Waals surface area contributed by atoms with E-state index in [0.29, 0.717) is 6.54 Å². The number of hydrogen-bond donors (Lipinski definition) is 0. The summed E-state index contributed by atoms with van der Waals surface area (Å²) in [5.41, 5.74) is 0. The van der Waals surface area contributed by atoms with Gasteiger partial charge in [0, 0.05) is 18.9 Å². The second-order valence-electron chi connectivity index (χ2n) is 2.93. The second-order valence-corrected chi connectivity index (χ2v) is 2.93. The number of amides is 1. The zero-order valence-corrected chi connectivity index (χ0v) is 6.53. The fourth-order valence-electron chi connectivity index (χ4n) is 1.22. The first-order valence-corrected chi connectivity index (χ1v) is 3.73. The first-order chi connectivity index (χ1) is 5.27. The summed E-state index contributed by atoms with van der Waals surface area (Å²) >= 11 is 0. The molecule has 0 bridgehead atoms. The Labute approximate surface area is 65.6 Å². The lowest BCUT2D eigenvalue weighted by atomic mass is 10.4. The third-order valence-corrected chi connectivity index (χ3v) is 1.95. The van der Waals surface area contributed by atoms with E-state index in [9.17, 15) is 4.79 Å². The van der Waals surface area contributed by atoms with Gasteiger partial charge in [-0.15, -0.1) is 0 Å². The Morgan fingerprint density at radius 1 is 1.36 bits per heavy atom. The molecule has 4 nitrogen and oxygen atoms in total. The highest BCUT2D eigenvalue weighted by Gasteiger charge is 2.27. The minimum Gasteiger partial charge on any atom is -0.296 e. The molecule has 2 rings (SSSR count). The van der Waals surface area contributed by atoms with E-state index in [4.69, 9.17) is 0 Å². The number of piperazine rings is 1. The van der Waals surface area contributed by atoms with Crippen molar-refractivity contribution >= 4 is 5.91 Å². The quantitative estimate of drug-likeness (QED) is 0.506. The van der Waals surface area contributed by atoms with Gasteiger partial charge in [0.15, 0.2) is 0 Å². The van der Waals surface area contributed by atoms with E-state index in [1.54, 1.807) is 5.01 Å². The molecule has 0 aliphatic carbocycles. The van der Waals surface area contributed by atoms with Gasteiger partial charge in [0.2, 0.25) is 0 Å². The van der Waals surface area contributed by atoms with Crippen molar-refractivity contribution in [2.45, 2.75) is 0 Å². The molecule has 2 aliphatic rings. The van der Waals surface area contributed by atoms with Gasteiger partial charge < -0.3 is 0 Å². The van der Waals surface area contributed by atoms with Gasteiger partial charge in [-0.1, -0.05) is 0 Å². The maximum Gasteiger partial charge on any atom is 0.255 e. The predicted octanol–water partition coefficient (Wildman–Crippen LogP) is -0.538. The first-order valence-electron chi connectivity index (χ1n) is 3.73. The van der Waals surface area contributed by atoms with Gasteiger partial charge in [-0.05, 0) is 7.05 Å². The molecule has 1 amide bonds. The smallest absolute Gasteiger partial charge is 0.255 e. The molecule has 1 saturated heterocycles. The molecular weight excluding hydrogens is 142 g/mol. The SMILES string of the molecule is CN1CCN(N2C=C2)C(=O)C1. The molecule has 60 valence electrons. The van der Waals surface area contributed by atoms with E-state index in [2.05, 4.69) is 0 Å². The molecule has 0 aromatic carbocycles. The van der Waals surface area contributed by atoms with Crippen LogP contribution in [0.15, 0.2) is 12.4 Å². The fourth-order valence-corrected chi connectivity index (χ4v) is 1.22. The average molecular weight is 153 g/mol. The Balaban J connectivity index is 1.96. The van der Waals surface area contributed by atoms with Gasteiger partial charge in [-0.3, -0.25) is 14.7 Å². The highest BCUT2D eigenvalue weighted by molar-refractivity contribution is 5.78. The fraction of sp³-hybridized carbons (Fsp3) is 0.571. The van der Waals surface area contributed by atoms with Crippen molar-refractivity contribution in [2.24, 2.45) is 0 Å². The summed E-state index contributed by atoms with van der Waals surface area (Å²) in [4.78, 5) is 13.3. The number of hydrazine groups is 1. The van der Waals surface area contributed by atoms with Crippen LogP contribution in [0.25, 0.3) is 0 Å². The standard InChI is InChI=1S/C7H11N3O/c1-8-2-5-10(7(11)6-8)9-3-4-9/h3-4H,2,5-6H2,1H3. The lowest BCUT2D eigenvalue weighted by Gasteiger charge is -2.32. The predicted molar refractivity (Wildman–Crippen MR) is 40.2 cm³/mol. The van der Waals surface area contributed by atoms with E-state index >= 15 is 0 Å². The molecule has 0 aromatic heterocycles. The van der Waals surface area contributed by atoms with Crippen LogP contribution in [0.4, 0.5) is 0 Å². The van der Waals surface area contributed by atoms with Crippen LogP contribution < -0.4 is 0 Å². The van der Waals surface area contributed by atoms with Crippen molar-refractivity contribution in [3.63, 3.8) is 0 Å². The van der Waals surface area contributed by atoms with E-state index in [1.807, 2.05) is 29.4 Å². The Kier molecular flexibility index (Phi) is 1.35. The molecule has 11 heavy (non-hydrogen) atoms. The highest BCUT2D eigenvalue weighted by Crippen LogP contribution is 2.14. The third kappa shape index (κ3) is 1.21. The molecule has 0 atom stereocenters. The van der Waals surface area contributed by atoms with Crippen LogP contribution >= 0.6 is 0 Å². The number of rotatable bonds is 1. The van der Waals surface area contributed by atoms with Gasteiger partial charge in [0.25, 0.3) is 5.91 Å². The summed E-state index contributed by atoms with van der Waals surface area (Å²) in [6, 6.07) is 0. The van der Waals surface area contributed by atoms with Crippen LogP contribution in [-0.4, -0.2) is 47.5 Å². The van der Waals surface area contributed by atoms with E-state index < -0.39 is 0 Å². The molecule has 4 heteroatoms. The first kappa shape index (κ1) is 6.67. The average Bonchev–Trinajstić information content (AvgIpc) is 2.70. The monoisotopic (exact) mass is 153 g/mol. The Morgan fingerprint density at radius 3 is 2.64 bits per heavy atom. The van der Waals surface area contributed by atoms with Crippen molar-refractivity contribution in [2.75, 3.05) is 26.7 Å². The molecule has 1 fully saturated rings. The van der Waals surface area contributed by atoms with Crippen molar-refractivity contribution in [3.8, 4) is 0 Å². The summed E-state index contributed by atoms with van der Waals surface area (Å²) in [6.45, 7) is 2.31. The van der Waals surface area contributed by atoms with Gasteiger partial charge >= 0.3 is 0 Å². The maximum absolute atomic E-state index is 11.3. The van der Waals surface area contributed by atoms with Gasteiger partial charge in [0.1, 0.15) is 0 Å². The largest absolute Gasteiger partial charge is 0.296 e. The number of carbonyl (C=O) groups excluding carboxylic acids is 1. The summed E-state index contributed by atoms with van der Waals surface area (Å²) in [5.74, 6) is 0.184. The Hall–Kier alpha value is -1.03. The Morgan fingerprint density at radius 2 is 2.09 bits per heavy atom. The van der Waals surface area contributed by atoms with Crippen LogP contribution in [0.3, 0.4) is 0 Å². The number of carbonyl (C=O) groups is 1. The molecule has 0 saturated carbocycles. The van der Waals surface area contributed by atoms with Crippen molar-refractivity contribution in [1.82, 2.24) is 14.9 Å². The van der Waals surface area contributed by atoms with Crippen LogP contribution in [0, 0.1) is 0 Å². The van der Waals surface area contributed by atoms with Gasteiger partial charge in [-0.2, -0.15) is 0 Å². The summed E-state index contributed by atoms with van der Waals surface area (Å²) in [6.07, 6.45) is 3.78. The second kappa shape index (κ2) is 2.23. The number of nitrogens with zero attached hydrogens (tertiary/aromatic N) is 3. The topological polar surface area (TPSA) is 26.6 Å². The molecule has 0 aromatic rings. The summed E-state index contributed by atoms with van der Waals surface area (Å²) < 4.78 is 0. The molecule has 0 N–H and O–H groups in total. The number of hydrogen-bond acceptors (Lipinski definition) is 3. The van der Waals surface area contributed by atoms with Crippen molar-refractivity contribution in [1.29, 1.82) is 0 Å². The van der Waals surface area contributed by atoms with E-state index in [0.717, 1.165) is 13.1 Å². The molecular formula is C7H11N3O. The van der Waals surface area contributed by atoms with Crippen molar-refractivity contribution in [3.05, 3.63) is 12.4 Å². The number of likely N-dealkylation sites (N-methyl/N-ethyl adjacent to an activating group) is 1. The minimum absolute atomic E-state index is 0.184. The van der Waals surface area contributed by atoms with Gasteiger partial charge in [-0.25, -0.2) is 5.01 Å². The molecule has 2 aliphatic heterocycles. The molecule has 0 spiro atoms. The third-order valence-electron chi connectivity index (χ3n) is 1.95. The van der Waals surface area contributed by atoms with E-state index in [-0.39, 0.29) is 5.91 Å². The van der Waals surface area contributed by atoms with Crippen LogP contribution in [0.5, 0.6) is 0 Å². The summed E-state index contributed by atoms with van der Waals surface area (Å²) in [5, 5.41) is 3.61. The maximum atomic E-state index is 11.3. The normalized spacial score (nSPS) is 24.6. The zero-order valence-electron chi connectivity index (χ0n) is 6.53. The van der Waals surface area contributed by atoms with Crippen LogP contribution in [0.2, 0.25) is 0 Å².